The Hall–Kier alpha value is -3.38. The lowest BCUT2D eigenvalue weighted by molar-refractivity contribution is 0.284. The van der Waals surface area contributed by atoms with E-state index in [1.54, 1.807) is 13.3 Å². The highest BCUT2D eigenvalue weighted by molar-refractivity contribution is 7.80. The predicted molar refractivity (Wildman–Crippen MR) is 122 cm³/mol. The van der Waals surface area contributed by atoms with E-state index in [4.69, 9.17) is 21.7 Å². The minimum atomic E-state index is 0.421. The third kappa shape index (κ3) is 6.05. The Bertz CT molecular complexity index is 990. The molecule has 0 atom stereocenters. The van der Waals surface area contributed by atoms with Gasteiger partial charge in [0.1, 0.15) is 6.61 Å². The van der Waals surface area contributed by atoms with Gasteiger partial charge in [-0.15, -0.1) is 0 Å². The average molecular weight is 406 g/mol. The Morgan fingerprint density at radius 2 is 1.76 bits per heavy atom. The van der Waals surface area contributed by atoms with Gasteiger partial charge in [0, 0.05) is 5.69 Å². The van der Waals surface area contributed by atoms with E-state index < -0.39 is 0 Å². The van der Waals surface area contributed by atoms with Crippen molar-refractivity contribution >= 4 is 29.2 Å². The van der Waals surface area contributed by atoms with Crippen LogP contribution in [-0.4, -0.2) is 18.4 Å². The summed E-state index contributed by atoms with van der Waals surface area (Å²) in [5.74, 6) is 1.32. The van der Waals surface area contributed by atoms with Crippen LogP contribution >= 0.6 is 12.2 Å². The van der Waals surface area contributed by atoms with Gasteiger partial charge >= 0.3 is 0 Å². The lowest BCUT2D eigenvalue weighted by Crippen LogP contribution is -2.24. The van der Waals surface area contributed by atoms with Gasteiger partial charge in [-0.1, -0.05) is 48.5 Å². The third-order valence-corrected chi connectivity index (χ3v) is 4.39. The van der Waals surface area contributed by atoms with Gasteiger partial charge in [0.2, 0.25) is 0 Å². The van der Waals surface area contributed by atoms with Crippen molar-refractivity contribution in [2.24, 2.45) is 5.10 Å². The van der Waals surface area contributed by atoms with E-state index in [9.17, 15) is 0 Å². The van der Waals surface area contributed by atoms with Crippen LogP contribution in [0.4, 0.5) is 5.69 Å². The molecule has 2 N–H and O–H groups in total. The van der Waals surface area contributed by atoms with Gasteiger partial charge in [0.15, 0.2) is 16.6 Å². The molecule has 0 saturated heterocycles. The van der Waals surface area contributed by atoms with Crippen molar-refractivity contribution in [1.29, 1.82) is 0 Å². The molecule has 148 valence electrons. The highest BCUT2D eigenvalue weighted by Crippen LogP contribution is 2.28. The van der Waals surface area contributed by atoms with E-state index in [1.165, 1.54) is 0 Å². The summed E-state index contributed by atoms with van der Waals surface area (Å²) in [6.07, 6.45) is 1.68. The zero-order valence-electron chi connectivity index (χ0n) is 16.4. The second-order valence-electron chi connectivity index (χ2n) is 6.32. The average Bonchev–Trinajstić information content (AvgIpc) is 2.75. The van der Waals surface area contributed by atoms with E-state index in [0.717, 1.165) is 22.4 Å². The maximum atomic E-state index is 5.93. The van der Waals surface area contributed by atoms with E-state index in [-0.39, 0.29) is 0 Å². The van der Waals surface area contributed by atoms with E-state index in [1.807, 2.05) is 79.7 Å². The summed E-state index contributed by atoms with van der Waals surface area (Å²) in [5, 5.41) is 7.75. The highest BCUT2D eigenvalue weighted by Gasteiger charge is 2.06. The number of hydrogen-bond acceptors (Lipinski definition) is 4. The predicted octanol–water partition coefficient (Wildman–Crippen LogP) is 4.90. The first-order valence-electron chi connectivity index (χ1n) is 9.16. The van der Waals surface area contributed by atoms with Crippen molar-refractivity contribution in [3.05, 3.63) is 89.5 Å². The maximum absolute atomic E-state index is 5.93. The molecule has 0 fully saturated rings. The molecule has 0 aromatic heterocycles. The second kappa shape index (κ2) is 10.2. The molecule has 6 heteroatoms. The SMILES string of the molecule is COc1ccc(/C=N\NC(=S)Nc2ccccc2C)cc1OCc1ccccc1. The first-order valence-corrected chi connectivity index (χ1v) is 9.57. The van der Waals surface area contributed by atoms with Gasteiger partial charge in [-0.25, -0.2) is 0 Å². The third-order valence-electron chi connectivity index (χ3n) is 4.20. The minimum absolute atomic E-state index is 0.421. The molecule has 0 aliphatic rings. The number of rotatable bonds is 7. The summed E-state index contributed by atoms with van der Waals surface area (Å²) in [6.45, 7) is 2.48. The smallest absolute Gasteiger partial charge is 0.191 e. The zero-order valence-corrected chi connectivity index (χ0v) is 17.2. The van der Waals surface area contributed by atoms with Crippen LogP contribution < -0.4 is 20.2 Å². The monoisotopic (exact) mass is 405 g/mol. The molecule has 0 aliphatic carbocycles. The molecule has 0 spiro atoms. The van der Waals surface area contributed by atoms with Crippen molar-refractivity contribution in [3.63, 3.8) is 0 Å². The summed E-state index contributed by atoms with van der Waals surface area (Å²) in [4.78, 5) is 0. The van der Waals surface area contributed by atoms with Crippen molar-refractivity contribution < 1.29 is 9.47 Å². The summed E-state index contributed by atoms with van der Waals surface area (Å²) >= 11 is 5.29. The quantitative estimate of drug-likeness (QED) is 0.333. The van der Waals surface area contributed by atoms with Crippen LogP contribution in [0.2, 0.25) is 0 Å². The topological polar surface area (TPSA) is 54.9 Å². The summed E-state index contributed by atoms with van der Waals surface area (Å²) in [7, 11) is 1.62. The van der Waals surface area contributed by atoms with Crippen LogP contribution in [0.3, 0.4) is 0 Å². The van der Waals surface area contributed by atoms with Crippen molar-refractivity contribution in [3.8, 4) is 11.5 Å². The Morgan fingerprint density at radius 3 is 2.52 bits per heavy atom. The van der Waals surface area contributed by atoms with Crippen molar-refractivity contribution in [2.75, 3.05) is 12.4 Å². The number of nitrogens with one attached hydrogen (secondary N) is 2. The molecule has 5 nitrogen and oxygen atoms in total. The van der Waals surface area contributed by atoms with Gasteiger partial charge < -0.3 is 14.8 Å². The summed E-state index contributed by atoms with van der Waals surface area (Å²) in [5.41, 5.74) is 6.83. The number of para-hydroxylation sites is 1. The lowest BCUT2D eigenvalue weighted by atomic mass is 10.2. The molecular formula is C23H23N3O2S. The van der Waals surface area contributed by atoms with Crippen LogP contribution in [0, 0.1) is 6.92 Å². The largest absolute Gasteiger partial charge is 0.493 e. The molecule has 3 aromatic rings. The number of hydrazone groups is 1. The lowest BCUT2D eigenvalue weighted by Gasteiger charge is -2.11. The second-order valence-corrected chi connectivity index (χ2v) is 6.73. The van der Waals surface area contributed by atoms with Crippen LogP contribution in [0.1, 0.15) is 16.7 Å². The van der Waals surface area contributed by atoms with Gasteiger partial charge in [-0.05, 0) is 60.1 Å². The number of thiocarbonyl (C=S) groups is 1. The molecular weight excluding hydrogens is 382 g/mol. The Morgan fingerprint density at radius 1 is 1.00 bits per heavy atom. The first kappa shape index (κ1) is 20.4. The molecule has 0 aliphatic heterocycles. The number of ether oxygens (including phenoxy) is 2. The van der Waals surface area contributed by atoms with Crippen LogP contribution in [0.5, 0.6) is 11.5 Å². The van der Waals surface area contributed by atoms with Crippen molar-refractivity contribution in [2.45, 2.75) is 13.5 Å². The number of methoxy groups -OCH3 is 1. The maximum Gasteiger partial charge on any atom is 0.191 e. The minimum Gasteiger partial charge on any atom is -0.493 e. The molecule has 0 saturated carbocycles. The normalized spacial score (nSPS) is 10.6. The number of anilines is 1. The van der Waals surface area contributed by atoms with E-state index >= 15 is 0 Å². The van der Waals surface area contributed by atoms with Gasteiger partial charge in [0.25, 0.3) is 0 Å². The van der Waals surface area contributed by atoms with Gasteiger partial charge in [0.05, 0.1) is 13.3 Å². The standard InChI is InChI=1S/C23H23N3O2S/c1-17-8-6-7-11-20(17)25-23(29)26-24-15-19-12-13-21(27-2)22(14-19)28-16-18-9-4-3-5-10-18/h3-15H,16H2,1-2H3,(H2,25,26,29)/b24-15-. The molecule has 3 rings (SSSR count). The van der Waals surface area contributed by atoms with Crippen molar-refractivity contribution in [1.82, 2.24) is 5.43 Å². The number of nitrogens with zero attached hydrogens (tertiary/aromatic N) is 1. The van der Waals surface area contributed by atoms with Gasteiger partial charge in [-0.2, -0.15) is 5.10 Å². The summed E-state index contributed by atoms with van der Waals surface area (Å²) < 4.78 is 11.3. The number of aryl methyl sites for hydroxylation is 1. The fourth-order valence-corrected chi connectivity index (χ4v) is 2.81. The Balaban J connectivity index is 1.61. The first-order chi connectivity index (χ1) is 14.2. The molecule has 3 aromatic carbocycles. The van der Waals surface area contributed by atoms with Crippen LogP contribution in [0.25, 0.3) is 0 Å². The fourth-order valence-electron chi connectivity index (χ4n) is 2.65. The zero-order chi connectivity index (χ0) is 20.5. The number of benzene rings is 3. The molecule has 0 heterocycles. The highest BCUT2D eigenvalue weighted by atomic mass is 32.1. The molecule has 0 radical (unpaired) electrons. The van der Waals surface area contributed by atoms with Crippen LogP contribution in [-0.2, 0) is 6.61 Å². The summed E-state index contributed by atoms with van der Waals surface area (Å²) in [6, 6.07) is 23.5. The Labute approximate surface area is 176 Å². The Kier molecular flexibility index (Phi) is 7.19. The fraction of sp³-hybridized carbons (Fsp3) is 0.130. The van der Waals surface area contributed by atoms with Gasteiger partial charge in [-0.3, -0.25) is 5.43 Å². The molecule has 0 amide bonds. The van der Waals surface area contributed by atoms with E-state index in [0.29, 0.717) is 23.2 Å². The molecule has 29 heavy (non-hydrogen) atoms. The number of hydrogen-bond donors (Lipinski definition) is 2. The molecule has 0 unspecified atom stereocenters. The van der Waals surface area contributed by atoms with Crippen LogP contribution in [0.15, 0.2) is 77.9 Å². The molecule has 0 bridgehead atoms. The van der Waals surface area contributed by atoms with E-state index in [2.05, 4.69) is 15.8 Å².